The second-order valence-electron chi connectivity index (χ2n) is 9.14. The molecule has 0 saturated carbocycles. The van der Waals surface area contributed by atoms with Crippen LogP contribution in [0.1, 0.15) is 110 Å². The van der Waals surface area contributed by atoms with Crippen molar-refractivity contribution in [3.8, 4) is 0 Å². The molecule has 5 atom stereocenters. The Morgan fingerprint density at radius 3 is 1.39 bits per heavy atom. The highest BCUT2D eigenvalue weighted by atomic mass is 16.5. The van der Waals surface area contributed by atoms with Crippen LogP contribution in [0, 0.1) is 0 Å². The van der Waals surface area contributed by atoms with Gasteiger partial charge in [-0.15, -0.1) is 0 Å². The predicted molar refractivity (Wildman–Crippen MR) is 128 cm³/mol. The van der Waals surface area contributed by atoms with Crippen LogP contribution in [0.5, 0.6) is 0 Å². The minimum atomic E-state index is -2.05. The van der Waals surface area contributed by atoms with Gasteiger partial charge in [0.15, 0.2) is 6.10 Å². The minimum Gasteiger partial charge on any atom is -0.464 e. The zero-order chi connectivity index (χ0) is 24.9. The van der Waals surface area contributed by atoms with E-state index in [2.05, 4.69) is 6.92 Å². The number of hydrogen-bond acceptors (Lipinski definition) is 8. The smallest absolute Gasteiger partial charge is 0.337 e. The molecule has 6 N–H and O–H groups in total. The molecular weight excluding hydrogens is 428 g/mol. The quantitative estimate of drug-likeness (QED) is 0.0970. The fourth-order valence-corrected chi connectivity index (χ4v) is 3.77. The van der Waals surface area contributed by atoms with E-state index in [0.29, 0.717) is 6.42 Å². The van der Waals surface area contributed by atoms with Crippen molar-refractivity contribution >= 4 is 5.97 Å². The predicted octanol–water partition coefficient (Wildman–Crippen LogP) is 2.59. The Balaban J connectivity index is 3.58. The maximum Gasteiger partial charge on any atom is 0.337 e. The number of ether oxygens (including phenoxy) is 1. The lowest BCUT2D eigenvalue weighted by Crippen LogP contribution is -2.52. The van der Waals surface area contributed by atoms with Crippen molar-refractivity contribution < 1.29 is 40.2 Å². The van der Waals surface area contributed by atoms with E-state index in [0.717, 1.165) is 19.3 Å². The first-order valence-electron chi connectivity index (χ1n) is 13.0. The van der Waals surface area contributed by atoms with Crippen LogP contribution >= 0.6 is 0 Å². The SMILES string of the molecule is CCCCCCCCCCCCCCCCCCOC(=O)C(O)C(O)C(O)C(O)C(O)CO. The van der Waals surface area contributed by atoms with Crippen LogP contribution in [0.15, 0.2) is 0 Å². The average Bonchev–Trinajstić information content (AvgIpc) is 2.83. The summed E-state index contributed by atoms with van der Waals surface area (Å²) in [4.78, 5) is 11.8. The third-order valence-corrected chi connectivity index (χ3v) is 6.09. The van der Waals surface area contributed by atoms with Crippen molar-refractivity contribution in [1.82, 2.24) is 0 Å². The van der Waals surface area contributed by atoms with Crippen LogP contribution in [0.4, 0.5) is 0 Å². The molecule has 0 fully saturated rings. The van der Waals surface area contributed by atoms with Crippen LogP contribution in [0.3, 0.4) is 0 Å². The standard InChI is InChI=1S/C25H50O8/c1-2-3-4-5-6-7-8-9-10-11-12-13-14-15-16-17-18-33-25(32)24(31)23(30)22(29)21(28)20(27)19-26/h20-24,26-31H,2-19H2,1H3. The number of unbranched alkanes of at least 4 members (excludes halogenated alkanes) is 15. The summed E-state index contributed by atoms with van der Waals surface area (Å²) in [7, 11) is 0. The van der Waals surface area contributed by atoms with Crippen LogP contribution in [-0.4, -0.2) is 80.3 Å². The van der Waals surface area contributed by atoms with E-state index in [-0.39, 0.29) is 6.61 Å². The summed E-state index contributed by atoms with van der Waals surface area (Å²) in [5, 5.41) is 56.7. The number of hydrogen-bond donors (Lipinski definition) is 6. The molecule has 5 unspecified atom stereocenters. The van der Waals surface area contributed by atoms with Gasteiger partial charge < -0.3 is 35.4 Å². The highest BCUT2D eigenvalue weighted by Crippen LogP contribution is 2.14. The van der Waals surface area contributed by atoms with Gasteiger partial charge in [0.1, 0.15) is 24.4 Å². The van der Waals surface area contributed by atoms with Crippen molar-refractivity contribution in [3.63, 3.8) is 0 Å². The molecule has 0 heterocycles. The minimum absolute atomic E-state index is 0.0962. The van der Waals surface area contributed by atoms with Crippen LogP contribution in [0.25, 0.3) is 0 Å². The molecule has 0 aliphatic rings. The van der Waals surface area contributed by atoms with Crippen molar-refractivity contribution in [2.75, 3.05) is 13.2 Å². The van der Waals surface area contributed by atoms with Gasteiger partial charge in [0.2, 0.25) is 0 Å². The molecule has 0 aromatic rings. The van der Waals surface area contributed by atoms with E-state index in [1.165, 1.54) is 77.0 Å². The molecule has 0 spiro atoms. The van der Waals surface area contributed by atoms with E-state index in [1.807, 2.05) is 0 Å². The largest absolute Gasteiger partial charge is 0.464 e. The lowest BCUT2D eigenvalue weighted by Gasteiger charge is -2.27. The molecule has 0 saturated heterocycles. The van der Waals surface area contributed by atoms with Crippen molar-refractivity contribution in [1.29, 1.82) is 0 Å². The Morgan fingerprint density at radius 1 is 0.606 bits per heavy atom. The van der Waals surface area contributed by atoms with Gasteiger partial charge in [0.05, 0.1) is 13.2 Å². The maximum absolute atomic E-state index is 11.8. The summed E-state index contributed by atoms with van der Waals surface area (Å²) in [5.41, 5.74) is 0. The number of aliphatic hydroxyl groups excluding tert-OH is 6. The third-order valence-electron chi connectivity index (χ3n) is 6.09. The molecule has 198 valence electrons. The zero-order valence-electron chi connectivity index (χ0n) is 20.6. The van der Waals surface area contributed by atoms with Gasteiger partial charge in [-0.2, -0.15) is 0 Å². The first kappa shape index (κ1) is 32.2. The number of esters is 1. The summed E-state index contributed by atoms with van der Waals surface area (Å²) in [6, 6.07) is 0. The van der Waals surface area contributed by atoms with Crippen LogP contribution in [0.2, 0.25) is 0 Å². The Morgan fingerprint density at radius 2 is 1.00 bits per heavy atom. The van der Waals surface area contributed by atoms with E-state index in [1.54, 1.807) is 0 Å². The highest BCUT2D eigenvalue weighted by molar-refractivity contribution is 5.75. The fraction of sp³-hybridized carbons (Fsp3) is 0.960. The molecule has 0 rings (SSSR count). The second kappa shape index (κ2) is 21.7. The van der Waals surface area contributed by atoms with E-state index in [4.69, 9.17) is 9.84 Å². The molecular formula is C25H50O8. The van der Waals surface area contributed by atoms with Gasteiger partial charge in [-0.1, -0.05) is 103 Å². The molecule has 0 aliphatic heterocycles. The number of carbonyl (C=O) groups excluding carboxylic acids is 1. The molecule has 33 heavy (non-hydrogen) atoms. The zero-order valence-corrected chi connectivity index (χ0v) is 20.6. The summed E-state index contributed by atoms with van der Waals surface area (Å²) in [5.74, 6) is -1.10. The van der Waals surface area contributed by atoms with Crippen molar-refractivity contribution in [3.05, 3.63) is 0 Å². The van der Waals surface area contributed by atoms with Gasteiger partial charge >= 0.3 is 5.97 Å². The Labute approximate surface area is 200 Å². The first-order chi connectivity index (χ1) is 15.9. The number of carbonyl (C=O) groups is 1. The Bertz CT molecular complexity index is 448. The number of rotatable bonds is 23. The monoisotopic (exact) mass is 478 g/mol. The average molecular weight is 479 g/mol. The van der Waals surface area contributed by atoms with E-state index in [9.17, 15) is 30.3 Å². The normalized spacial score (nSPS) is 16.2. The Hall–Kier alpha value is -0.770. The van der Waals surface area contributed by atoms with E-state index >= 15 is 0 Å². The molecule has 0 aliphatic carbocycles. The molecule has 0 aromatic heterocycles. The van der Waals surface area contributed by atoms with Crippen LogP contribution in [-0.2, 0) is 9.53 Å². The van der Waals surface area contributed by atoms with Crippen molar-refractivity contribution in [2.24, 2.45) is 0 Å². The summed E-state index contributed by atoms with van der Waals surface area (Å²) < 4.78 is 4.91. The van der Waals surface area contributed by atoms with E-state index < -0.39 is 43.1 Å². The van der Waals surface area contributed by atoms with Gasteiger partial charge in [-0.25, -0.2) is 4.79 Å². The van der Waals surface area contributed by atoms with Crippen molar-refractivity contribution in [2.45, 2.75) is 140 Å². The first-order valence-corrected chi connectivity index (χ1v) is 13.0. The molecule has 0 bridgehead atoms. The number of aliphatic hydroxyl groups is 6. The molecule has 8 nitrogen and oxygen atoms in total. The maximum atomic E-state index is 11.8. The lowest BCUT2D eigenvalue weighted by molar-refractivity contribution is -0.174. The van der Waals surface area contributed by atoms with Gasteiger partial charge in [0, 0.05) is 0 Å². The molecule has 8 heteroatoms. The molecule has 0 amide bonds. The van der Waals surface area contributed by atoms with Gasteiger partial charge in [-0.05, 0) is 6.42 Å². The van der Waals surface area contributed by atoms with Gasteiger partial charge in [0.25, 0.3) is 0 Å². The topological polar surface area (TPSA) is 148 Å². The summed E-state index contributed by atoms with van der Waals surface area (Å²) in [6.07, 6.45) is 10.0. The van der Waals surface area contributed by atoms with Crippen LogP contribution < -0.4 is 0 Å². The third kappa shape index (κ3) is 16.5. The summed E-state index contributed by atoms with van der Waals surface area (Å²) in [6.45, 7) is 1.50. The summed E-state index contributed by atoms with van der Waals surface area (Å²) >= 11 is 0. The molecule has 0 radical (unpaired) electrons. The highest BCUT2D eigenvalue weighted by Gasteiger charge is 2.37. The Kier molecular flexibility index (Phi) is 21.2. The second-order valence-corrected chi connectivity index (χ2v) is 9.14. The fourth-order valence-electron chi connectivity index (χ4n) is 3.77. The van der Waals surface area contributed by atoms with Gasteiger partial charge in [-0.3, -0.25) is 0 Å². The molecule has 0 aromatic carbocycles. The lowest BCUT2D eigenvalue weighted by atomic mass is 9.99.